The van der Waals surface area contributed by atoms with Gasteiger partial charge in [-0.25, -0.2) is 4.79 Å². The Morgan fingerprint density at radius 3 is 3.00 bits per heavy atom. The van der Waals surface area contributed by atoms with Gasteiger partial charge in [-0.15, -0.1) is 0 Å². The van der Waals surface area contributed by atoms with Crippen molar-refractivity contribution in [3.63, 3.8) is 0 Å². The summed E-state index contributed by atoms with van der Waals surface area (Å²) in [6.45, 7) is 0.721. The Labute approximate surface area is 88.6 Å². The summed E-state index contributed by atoms with van der Waals surface area (Å²) in [6, 6.07) is 7.47. The SMILES string of the molecule is CN1CCC(c2cccc(N)c2)OC1=O. The maximum atomic E-state index is 11.3. The second-order valence-corrected chi connectivity index (χ2v) is 3.75. The van der Waals surface area contributed by atoms with Gasteiger partial charge in [-0.2, -0.15) is 0 Å². The van der Waals surface area contributed by atoms with Gasteiger partial charge >= 0.3 is 6.09 Å². The number of benzene rings is 1. The number of ether oxygens (including phenoxy) is 1. The largest absolute Gasteiger partial charge is 0.441 e. The highest BCUT2D eigenvalue weighted by Gasteiger charge is 2.25. The van der Waals surface area contributed by atoms with Gasteiger partial charge in [-0.3, -0.25) is 0 Å². The standard InChI is InChI=1S/C11H14N2O2/c1-13-6-5-10(15-11(13)14)8-3-2-4-9(12)7-8/h2-4,7,10H,5-6,12H2,1H3. The zero-order valence-electron chi connectivity index (χ0n) is 8.64. The minimum Gasteiger partial charge on any atom is -0.441 e. The number of carbonyl (C=O) groups is 1. The molecule has 1 atom stereocenters. The van der Waals surface area contributed by atoms with Crippen LogP contribution in [0.3, 0.4) is 0 Å². The lowest BCUT2D eigenvalue weighted by atomic mass is 10.0. The lowest BCUT2D eigenvalue weighted by Gasteiger charge is -2.29. The molecule has 1 aromatic carbocycles. The van der Waals surface area contributed by atoms with Crippen molar-refractivity contribution in [2.75, 3.05) is 19.3 Å². The third-order valence-corrected chi connectivity index (χ3v) is 2.56. The number of rotatable bonds is 1. The maximum absolute atomic E-state index is 11.3. The molecule has 0 bridgehead atoms. The summed E-state index contributed by atoms with van der Waals surface area (Å²) in [6.07, 6.45) is 0.386. The molecule has 1 saturated heterocycles. The van der Waals surface area contributed by atoms with Gasteiger partial charge in [0, 0.05) is 25.7 Å². The maximum Gasteiger partial charge on any atom is 0.410 e. The van der Waals surface area contributed by atoms with Crippen LogP contribution in [0.25, 0.3) is 0 Å². The van der Waals surface area contributed by atoms with Crippen LogP contribution in [0, 0.1) is 0 Å². The van der Waals surface area contributed by atoms with Crippen LogP contribution in [0.2, 0.25) is 0 Å². The predicted molar refractivity (Wildman–Crippen MR) is 57.3 cm³/mol. The van der Waals surface area contributed by atoms with Crippen molar-refractivity contribution < 1.29 is 9.53 Å². The lowest BCUT2D eigenvalue weighted by Crippen LogP contribution is -2.35. The molecule has 0 aliphatic carbocycles. The van der Waals surface area contributed by atoms with Crippen LogP contribution in [0.1, 0.15) is 18.1 Å². The van der Waals surface area contributed by atoms with E-state index in [9.17, 15) is 4.79 Å². The number of nitrogens with two attached hydrogens (primary N) is 1. The summed E-state index contributed by atoms with van der Waals surface area (Å²) < 4.78 is 5.27. The number of anilines is 1. The molecular formula is C11H14N2O2. The Morgan fingerprint density at radius 2 is 2.33 bits per heavy atom. The van der Waals surface area contributed by atoms with E-state index in [4.69, 9.17) is 10.5 Å². The van der Waals surface area contributed by atoms with Crippen molar-refractivity contribution >= 4 is 11.8 Å². The number of cyclic esters (lactones) is 1. The summed E-state index contributed by atoms with van der Waals surface area (Å²) >= 11 is 0. The Morgan fingerprint density at radius 1 is 1.53 bits per heavy atom. The van der Waals surface area contributed by atoms with Crippen molar-refractivity contribution in [2.45, 2.75) is 12.5 Å². The predicted octanol–water partition coefficient (Wildman–Crippen LogP) is 1.78. The minimum atomic E-state index is -0.270. The van der Waals surface area contributed by atoms with Gasteiger partial charge in [0.25, 0.3) is 0 Å². The van der Waals surface area contributed by atoms with Gasteiger partial charge < -0.3 is 15.4 Å². The van der Waals surface area contributed by atoms with Gasteiger partial charge in [0.2, 0.25) is 0 Å². The normalized spacial score (nSPS) is 21.3. The summed E-state index contributed by atoms with van der Waals surface area (Å²) in [4.78, 5) is 12.9. The summed E-state index contributed by atoms with van der Waals surface area (Å²) in [5.41, 5.74) is 7.34. The molecule has 0 saturated carbocycles. The molecular weight excluding hydrogens is 192 g/mol. The fraction of sp³-hybridized carbons (Fsp3) is 0.364. The van der Waals surface area contributed by atoms with Crippen molar-refractivity contribution in [1.29, 1.82) is 0 Å². The van der Waals surface area contributed by atoms with Gasteiger partial charge in [-0.05, 0) is 17.7 Å². The Bertz CT molecular complexity index is 379. The Hall–Kier alpha value is -1.71. The number of carbonyl (C=O) groups excluding carboxylic acids is 1. The summed E-state index contributed by atoms with van der Waals surface area (Å²) in [5, 5.41) is 0. The molecule has 2 N–H and O–H groups in total. The van der Waals surface area contributed by atoms with Gasteiger partial charge in [0.05, 0.1) is 0 Å². The zero-order chi connectivity index (χ0) is 10.8. The second kappa shape index (κ2) is 3.81. The molecule has 1 aliphatic heterocycles. The van der Waals surface area contributed by atoms with Crippen LogP contribution < -0.4 is 5.73 Å². The van der Waals surface area contributed by atoms with Crippen molar-refractivity contribution in [2.24, 2.45) is 0 Å². The first-order valence-corrected chi connectivity index (χ1v) is 4.94. The molecule has 1 aromatic rings. The molecule has 4 heteroatoms. The van der Waals surface area contributed by atoms with E-state index in [1.165, 1.54) is 0 Å². The van der Waals surface area contributed by atoms with Gasteiger partial charge in [-0.1, -0.05) is 12.1 Å². The number of nitrogens with zero attached hydrogens (tertiary/aromatic N) is 1. The quantitative estimate of drug-likeness (QED) is 0.712. The Balaban J connectivity index is 2.15. The second-order valence-electron chi connectivity index (χ2n) is 3.75. The van der Waals surface area contributed by atoms with E-state index in [0.29, 0.717) is 5.69 Å². The van der Waals surface area contributed by atoms with E-state index in [1.807, 2.05) is 24.3 Å². The molecule has 0 spiro atoms. The van der Waals surface area contributed by atoms with Gasteiger partial charge in [0.1, 0.15) is 6.10 Å². The molecule has 1 amide bonds. The number of amides is 1. The summed E-state index contributed by atoms with van der Waals surface area (Å²) in [5.74, 6) is 0. The molecule has 2 rings (SSSR count). The van der Waals surface area contributed by atoms with E-state index >= 15 is 0 Å². The lowest BCUT2D eigenvalue weighted by molar-refractivity contribution is 0.0324. The average Bonchev–Trinajstić information content (AvgIpc) is 2.22. The molecule has 1 aliphatic rings. The topological polar surface area (TPSA) is 55.6 Å². The molecule has 4 nitrogen and oxygen atoms in total. The Kier molecular flexibility index (Phi) is 2.49. The molecule has 80 valence electrons. The molecule has 0 aromatic heterocycles. The van der Waals surface area contributed by atoms with Crippen LogP contribution in [0.4, 0.5) is 10.5 Å². The van der Waals surface area contributed by atoms with Crippen molar-refractivity contribution in [1.82, 2.24) is 4.90 Å². The van der Waals surface area contributed by atoms with E-state index in [-0.39, 0.29) is 12.2 Å². The number of hydrogen-bond acceptors (Lipinski definition) is 3. The number of nitrogen functional groups attached to an aromatic ring is 1. The van der Waals surface area contributed by atoms with E-state index in [0.717, 1.165) is 18.5 Å². The monoisotopic (exact) mass is 206 g/mol. The highest BCUT2D eigenvalue weighted by atomic mass is 16.6. The van der Waals surface area contributed by atoms with Crippen LogP contribution in [-0.2, 0) is 4.74 Å². The third-order valence-electron chi connectivity index (χ3n) is 2.56. The van der Waals surface area contributed by atoms with Crippen molar-refractivity contribution in [3.05, 3.63) is 29.8 Å². The molecule has 15 heavy (non-hydrogen) atoms. The van der Waals surface area contributed by atoms with Crippen molar-refractivity contribution in [3.8, 4) is 0 Å². The van der Waals surface area contributed by atoms with E-state index < -0.39 is 0 Å². The molecule has 1 unspecified atom stereocenters. The van der Waals surface area contributed by atoms with Crippen LogP contribution in [0.15, 0.2) is 24.3 Å². The molecule has 1 fully saturated rings. The van der Waals surface area contributed by atoms with Crippen LogP contribution in [0.5, 0.6) is 0 Å². The van der Waals surface area contributed by atoms with E-state index in [1.54, 1.807) is 11.9 Å². The summed E-state index contributed by atoms with van der Waals surface area (Å²) in [7, 11) is 1.73. The third kappa shape index (κ3) is 2.03. The van der Waals surface area contributed by atoms with Crippen LogP contribution in [-0.4, -0.2) is 24.6 Å². The first-order chi connectivity index (χ1) is 7.16. The molecule has 1 heterocycles. The smallest absolute Gasteiger partial charge is 0.410 e. The average molecular weight is 206 g/mol. The highest BCUT2D eigenvalue weighted by Crippen LogP contribution is 2.26. The van der Waals surface area contributed by atoms with E-state index in [2.05, 4.69) is 0 Å². The first-order valence-electron chi connectivity index (χ1n) is 4.94. The van der Waals surface area contributed by atoms with Gasteiger partial charge in [0.15, 0.2) is 0 Å². The fourth-order valence-corrected chi connectivity index (χ4v) is 1.67. The first kappa shape index (κ1) is 9.83. The number of hydrogen-bond donors (Lipinski definition) is 1. The zero-order valence-corrected chi connectivity index (χ0v) is 8.64. The highest BCUT2D eigenvalue weighted by molar-refractivity contribution is 5.68. The van der Waals surface area contributed by atoms with Crippen LogP contribution >= 0.6 is 0 Å². The molecule has 0 radical (unpaired) electrons. The minimum absolute atomic E-state index is 0.155. The fourth-order valence-electron chi connectivity index (χ4n) is 1.67.